The van der Waals surface area contributed by atoms with Gasteiger partial charge in [0, 0.05) is 5.56 Å². The summed E-state index contributed by atoms with van der Waals surface area (Å²) >= 11 is 0. The highest BCUT2D eigenvalue weighted by Crippen LogP contribution is 2.25. The van der Waals surface area contributed by atoms with Gasteiger partial charge in [0.05, 0.1) is 0 Å². The molecule has 0 bridgehead atoms. The fourth-order valence-electron chi connectivity index (χ4n) is 2.93. The number of rotatable bonds is 3. The number of nitrogens with zero attached hydrogens (tertiary/aromatic N) is 3. The monoisotopic (exact) mass is 301 g/mol. The Morgan fingerprint density at radius 1 is 0.773 bits per heavy atom. The van der Waals surface area contributed by atoms with Crippen LogP contribution in [0.2, 0.25) is 0 Å². The van der Waals surface area contributed by atoms with Crippen molar-refractivity contribution in [2.24, 2.45) is 0 Å². The molecule has 0 aromatic heterocycles. The number of benzene rings is 1. The molecule has 22 heavy (non-hydrogen) atoms. The molecule has 3 nitrogen and oxygen atoms in total. The molecule has 0 saturated heterocycles. The van der Waals surface area contributed by atoms with Crippen molar-refractivity contribution in [2.45, 2.75) is 32.0 Å². The van der Waals surface area contributed by atoms with Crippen molar-refractivity contribution in [3.05, 3.63) is 35.4 Å². The third-order valence-electron chi connectivity index (χ3n) is 3.97. The molecule has 0 N–H and O–H groups in total. The van der Waals surface area contributed by atoms with E-state index in [9.17, 15) is 0 Å². The lowest BCUT2D eigenvalue weighted by atomic mass is 9.84. The van der Waals surface area contributed by atoms with Crippen LogP contribution in [0.25, 0.3) is 0 Å². The Morgan fingerprint density at radius 3 is 1.64 bits per heavy atom. The van der Waals surface area contributed by atoms with E-state index in [1.165, 1.54) is 5.56 Å². The average Bonchev–Trinajstić information content (AvgIpc) is 2.37. The summed E-state index contributed by atoms with van der Waals surface area (Å²) < 4.78 is 0. The molecular weight excluding hydrogens is 270 g/mol. The third-order valence-corrected chi connectivity index (χ3v) is 3.97. The van der Waals surface area contributed by atoms with E-state index in [2.05, 4.69) is 114 Å². The summed E-state index contributed by atoms with van der Waals surface area (Å²) in [6, 6.07) is 8.43. The first-order valence-electron chi connectivity index (χ1n) is 7.68. The van der Waals surface area contributed by atoms with Gasteiger partial charge in [-0.3, -0.25) is 14.7 Å². The zero-order chi connectivity index (χ0) is 17.1. The smallest absolute Gasteiger partial charge is 0.195 e. The maximum absolute atomic E-state index is 3.49. The minimum Gasteiger partial charge on any atom is -0.268 e. The van der Waals surface area contributed by atoms with Gasteiger partial charge in [-0.05, 0) is 65.3 Å². The Balaban J connectivity index is 3.44. The zero-order valence-corrected chi connectivity index (χ0v) is 15.7. The van der Waals surface area contributed by atoms with Crippen molar-refractivity contribution in [1.82, 2.24) is 14.7 Å². The van der Waals surface area contributed by atoms with Gasteiger partial charge >= 0.3 is 0 Å². The normalized spacial score (nSPS) is 12.7. The molecule has 122 valence electrons. The molecule has 0 unspecified atom stereocenters. The molecule has 0 amide bonds. The van der Waals surface area contributed by atoms with Crippen LogP contribution >= 0.6 is 0 Å². The van der Waals surface area contributed by atoms with Gasteiger partial charge in [-0.1, -0.05) is 44.9 Å². The van der Waals surface area contributed by atoms with Crippen LogP contribution in [0, 0.1) is 11.8 Å². The van der Waals surface area contributed by atoms with E-state index < -0.39 is 5.79 Å². The predicted octanol–water partition coefficient (Wildman–Crippen LogP) is 2.67. The molecule has 0 atom stereocenters. The van der Waals surface area contributed by atoms with Crippen molar-refractivity contribution < 1.29 is 0 Å². The molecule has 1 aromatic rings. The summed E-state index contributed by atoms with van der Waals surface area (Å²) in [5.74, 6) is 6.48. The van der Waals surface area contributed by atoms with Crippen LogP contribution in [-0.2, 0) is 5.41 Å². The highest BCUT2D eigenvalue weighted by Gasteiger charge is 2.36. The predicted molar refractivity (Wildman–Crippen MR) is 95.8 cm³/mol. The van der Waals surface area contributed by atoms with Crippen LogP contribution in [-0.4, -0.2) is 62.8 Å². The molecule has 1 aromatic carbocycles. The minimum atomic E-state index is -0.439. The van der Waals surface area contributed by atoms with E-state index in [-0.39, 0.29) is 5.41 Å². The Morgan fingerprint density at radius 2 is 1.23 bits per heavy atom. The standard InChI is InChI=1S/C19H31N3/c1-18(2,3)17-13-11-10-12-16(17)14-15-19(20(4)5,21(6)7)22(8)9/h10-13H,1-9H3. The molecule has 0 heterocycles. The lowest BCUT2D eigenvalue weighted by molar-refractivity contribution is -0.0570. The number of hydrogen-bond donors (Lipinski definition) is 0. The van der Waals surface area contributed by atoms with E-state index in [0.29, 0.717) is 0 Å². The van der Waals surface area contributed by atoms with Crippen LogP contribution in [0.4, 0.5) is 0 Å². The molecule has 0 saturated carbocycles. The van der Waals surface area contributed by atoms with Crippen LogP contribution in [0.15, 0.2) is 24.3 Å². The minimum absolute atomic E-state index is 0.0856. The van der Waals surface area contributed by atoms with Crippen molar-refractivity contribution in [2.75, 3.05) is 42.3 Å². The van der Waals surface area contributed by atoms with Crippen LogP contribution < -0.4 is 0 Å². The maximum atomic E-state index is 3.49. The highest BCUT2D eigenvalue weighted by molar-refractivity contribution is 5.45. The summed E-state index contributed by atoms with van der Waals surface area (Å²) in [5, 5.41) is 0. The lowest BCUT2D eigenvalue weighted by Gasteiger charge is -2.45. The average molecular weight is 301 g/mol. The molecule has 0 aliphatic rings. The van der Waals surface area contributed by atoms with Crippen molar-refractivity contribution in [3.63, 3.8) is 0 Å². The molecule has 0 radical (unpaired) electrons. The van der Waals surface area contributed by atoms with Gasteiger partial charge in [-0.2, -0.15) is 0 Å². The second kappa shape index (κ2) is 6.83. The van der Waals surface area contributed by atoms with Crippen LogP contribution in [0.3, 0.4) is 0 Å². The third kappa shape index (κ3) is 3.70. The van der Waals surface area contributed by atoms with E-state index in [0.717, 1.165) is 5.56 Å². The van der Waals surface area contributed by atoms with Gasteiger partial charge in [-0.15, -0.1) is 0 Å². The Kier molecular flexibility index (Phi) is 5.81. The second-order valence-corrected chi connectivity index (χ2v) is 7.36. The second-order valence-electron chi connectivity index (χ2n) is 7.36. The van der Waals surface area contributed by atoms with Crippen molar-refractivity contribution in [1.29, 1.82) is 0 Å². The SMILES string of the molecule is CN(C)C(C#Cc1ccccc1C(C)(C)C)(N(C)C)N(C)C. The quantitative estimate of drug-likeness (QED) is 0.628. The van der Waals surface area contributed by atoms with Gasteiger partial charge in [-0.25, -0.2) is 0 Å². The maximum Gasteiger partial charge on any atom is 0.195 e. The zero-order valence-electron chi connectivity index (χ0n) is 15.7. The fourth-order valence-corrected chi connectivity index (χ4v) is 2.93. The summed E-state index contributed by atoms with van der Waals surface area (Å²) in [6.45, 7) is 6.68. The van der Waals surface area contributed by atoms with Crippen LogP contribution in [0.1, 0.15) is 31.9 Å². The summed E-state index contributed by atoms with van der Waals surface area (Å²) in [7, 11) is 12.4. The van der Waals surface area contributed by atoms with Gasteiger partial charge in [0.25, 0.3) is 0 Å². The highest BCUT2D eigenvalue weighted by atomic mass is 15.5. The van der Waals surface area contributed by atoms with Gasteiger partial charge in [0.15, 0.2) is 5.79 Å². The molecule has 3 heteroatoms. The van der Waals surface area contributed by atoms with Gasteiger partial charge < -0.3 is 0 Å². The number of hydrogen-bond acceptors (Lipinski definition) is 3. The molecule has 0 aliphatic carbocycles. The van der Waals surface area contributed by atoms with E-state index >= 15 is 0 Å². The van der Waals surface area contributed by atoms with E-state index in [1.807, 2.05) is 0 Å². The summed E-state index contributed by atoms with van der Waals surface area (Å²) in [6.07, 6.45) is 0. The first kappa shape index (κ1) is 18.7. The lowest BCUT2D eigenvalue weighted by Crippen LogP contribution is -2.63. The molecular formula is C19H31N3. The fraction of sp³-hybridized carbons (Fsp3) is 0.579. The Bertz CT molecular complexity index is 532. The summed E-state index contributed by atoms with van der Waals surface area (Å²) in [5.41, 5.74) is 2.47. The first-order chi connectivity index (χ1) is 10.0. The van der Waals surface area contributed by atoms with Crippen LogP contribution in [0.5, 0.6) is 0 Å². The Hall–Kier alpha value is -1.34. The Labute approximate surface area is 136 Å². The van der Waals surface area contributed by atoms with Gasteiger partial charge in [0.1, 0.15) is 0 Å². The molecule has 0 spiro atoms. The molecule has 0 aliphatic heterocycles. The van der Waals surface area contributed by atoms with Crippen molar-refractivity contribution in [3.8, 4) is 11.8 Å². The molecule has 1 rings (SSSR count). The first-order valence-corrected chi connectivity index (χ1v) is 7.68. The molecule has 0 fully saturated rings. The largest absolute Gasteiger partial charge is 0.268 e. The summed E-state index contributed by atoms with van der Waals surface area (Å²) in [4.78, 5) is 6.42. The van der Waals surface area contributed by atoms with E-state index in [4.69, 9.17) is 0 Å². The van der Waals surface area contributed by atoms with E-state index in [1.54, 1.807) is 0 Å². The topological polar surface area (TPSA) is 9.72 Å². The van der Waals surface area contributed by atoms with Crippen molar-refractivity contribution >= 4 is 0 Å². The van der Waals surface area contributed by atoms with Gasteiger partial charge in [0.2, 0.25) is 0 Å².